The van der Waals surface area contributed by atoms with E-state index in [0.29, 0.717) is 38.9 Å². The smallest absolute Gasteiger partial charge is 0.317 e. The minimum Gasteiger partial charge on any atom is -0.481 e. The number of hydrogen-bond donors (Lipinski definition) is 2. The summed E-state index contributed by atoms with van der Waals surface area (Å²) in [5.41, 5.74) is -0.887. The van der Waals surface area contributed by atoms with E-state index in [1.165, 1.54) is 9.21 Å². The number of nitrogens with zero attached hydrogens (tertiary/aromatic N) is 2. The second-order valence-electron chi connectivity index (χ2n) is 8.28. The molecule has 0 aromatic rings. The Morgan fingerprint density at radius 1 is 1.16 bits per heavy atom. The van der Waals surface area contributed by atoms with Gasteiger partial charge in [0, 0.05) is 32.2 Å². The Balaban J connectivity index is 1.87. The number of hydrogen-bond acceptors (Lipinski definition) is 4. The van der Waals surface area contributed by atoms with Crippen molar-refractivity contribution in [3.8, 4) is 0 Å². The molecule has 2 saturated heterocycles. The molecule has 2 aliphatic rings. The van der Waals surface area contributed by atoms with Gasteiger partial charge in [0.15, 0.2) is 0 Å². The maximum absolute atomic E-state index is 12.5. The molecular weight excluding hydrogens is 346 g/mol. The lowest BCUT2D eigenvalue weighted by Crippen LogP contribution is -2.52. The van der Waals surface area contributed by atoms with Gasteiger partial charge in [-0.3, -0.25) is 4.79 Å². The van der Waals surface area contributed by atoms with Crippen molar-refractivity contribution in [1.29, 1.82) is 0 Å². The summed E-state index contributed by atoms with van der Waals surface area (Å²) in [6.07, 6.45) is 1.56. The number of amides is 2. The number of urea groups is 1. The Labute approximate surface area is 149 Å². The maximum Gasteiger partial charge on any atom is 0.317 e. The van der Waals surface area contributed by atoms with Crippen LogP contribution in [0.4, 0.5) is 4.79 Å². The minimum absolute atomic E-state index is 0.0874. The Hall–Kier alpha value is -1.35. The molecule has 1 unspecified atom stereocenters. The molecule has 0 spiro atoms. The summed E-state index contributed by atoms with van der Waals surface area (Å²) in [4.78, 5) is 25.2. The summed E-state index contributed by atoms with van der Waals surface area (Å²) in [6.45, 7) is 8.10. The lowest BCUT2D eigenvalue weighted by atomic mass is 9.90. The summed E-state index contributed by atoms with van der Waals surface area (Å²) < 4.78 is 25.6. The molecule has 2 rings (SSSR count). The van der Waals surface area contributed by atoms with Gasteiger partial charge >= 0.3 is 12.0 Å². The lowest BCUT2D eigenvalue weighted by molar-refractivity contribution is -0.147. The molecule has 2 N–H and O–H groups in total. The summed E-state index contributed by atoms with van der Waals surface area (Å²) in [7, 11) is -3.35. The van der Waals surface area contributed by atoms with Crippen LogP contribution < -0.4 is 5.32 Å². The SMILES string of the molecule is CC1(C(=O)O)CCN(C(=O)NC2CCN(S(=O)(=O)C(C)(C)C)CC2)C1. The second kappa shape index (κ2) is 6.75. The summed E-state index contributed by atoms with van der Waals surface area (Å²) in [5, 5.41) is 12.2. The first-order valence-corrected chi connectivity index (χ1v) is 10.1. The number of likely N-dealkylation sites (tertiary alicyclic amines) is 1. The van der Waals surface area contributed by atoms with Crippen molar-refractivity contribution in [3.05, 3.63) is 0 Å². The number of carboxylic acid groups (broad SMARTS) is 1. The van der Waals surface area contributed by atoms with Crippen LogP contribution in [0.1, 0.15) is 47.0 Å². The van der Waals surface area contributed by atoms with Gasteiger partial charge in [-0.15, -0.1) is 0 Å². The molecule has 0 aromatic carbocycles. The van der Waals surface area contributed by atoms with Gasteiger partial charge < -0.3 is 15.3 Å². The highest BCUT2D eigenvalue weighted by Crippen LogP contribution is 2.30. The first-order valence-electron chi connectivity index (χ1n) is 8.65. The molecule has 0 saturated carbocycles. The first kappa shape index (κ1) is 20.0. The average molecular weight is 375 g/mol. The van der Waals surface area contributed by atoms with E-state index in [-0.39, 0.29) is 18.6 Å². The number of carbonyl (C=O) groups is 2. The quantitative estimate of drug-likeness (QED) is 0.768. The van der Waals surface area contributed by atoms with Crippen molar-refractivity contribution in [2.24, 2.45) is 5.41 Å². The van der Waals surface area contributed by atoms with Crippen LogP contribution >= 0.6 is 0 Å². The number of nitrogens with one attached hydrogen (secondary N) is 1. The predicted molar refractivity (Wildman–Crippen MR) is 93.7 cm³/mol. The number of carbonyl (C=O) groups excluding carboxylic acids is 1. The molecule has 0 radical (unpaired) electrons. The molecule has 2 heterocycles. The summed E-state index contributed by atoms with van der Waals surface area (Å²) >= 11 is 0. The zero-order valence-corrected chi connectivity index (χ0v) is 16.2. The van der Waals surface area contributed by atoms with Crippen LogP contribution in [0.3, 0.4) is 0 Å². The Morgan fingerprint density at radius 2 is 1.72 bits per heavy atom. The van der Waals surface area contributed by atoms with Gasteiger partial charge in [-0.25, -0.2) is 17.5 Å². The molecular formula is C16H29N3O5S. The third kappa shape index (κ3) is 4.08. The van der Waals surface area contributed by atoms with Crippen LogP contribution in [-0.2, 0) is 14.8 Å². The zero-order valence-electron chi connectivity index (χ0n) is 15.4. The third-order valence-electron chi connectivity index (χ3n) is 5.17. The molecule has 2 aliphatic heterocycles. The number of piperidine rings is 1. The van der Waals surface area contributed by atoms with E-state index < -0.39 is 26.2 Å². The molecule has 0 aliphatic carbocycles. The fraction of sp³-hybridized carbons (Fsp3) is 0.875. The van der Waals surface area contributed by atoms with Gasteiger partial charge in [0.25, 0.3) is 0 Å². The first-order chi connectivity index (χ1) is 11.4. The van der Waals surface area contributed by atoms with E-state index in [0.717, 1.165) is 0 Å². The van der Waals surface area contributed by atoms with E-state index >= 15 is 0 Å². The van der Waals surface area contributed by atoms with Crippen LogP contribution in [0.15, 0.2) is 0 Å². The number of aliphatic carboxylic acids is 1. The zero-order chi connectivity index (χ0) is 19.0. The van der Waals surface area contributed by atoms with E-state index in [2.05, 4.69) is 5.32 Å². The number of rotatable bonds is 3. The molecule has 144 valence electrons. The standard InChI is InChI=1S/C16H29N3O5S/c1-15(2,3)25(23,24)19-8-5-12(6-9-19)17-14(22)18-10-7-16(4,11-18)13(20)21/h12H,5-11H2,1-4H3,(H,17,22)(H,20,21). The van der Waals surface area contributed by atoms with Gasteiger partial charge in [0.05, 0.1) is 10.2 Å². The monoisotopic (exact) mass is 375 g/mol. The van der Waals surface area contributed by atoms with Crippen LogP contribution in [0, 0.1) is 5.41 Å². The van der Waals surface area contributed by atoms with Gasteiger partial charge in [0.1, 0.15) is 0 Å². The highest BCUT2D eigenvalue weighted by Gasteiger charge is 2.43. The molecule has 1 atom stereocenters. The predicted octanol–water partition coefficient (Wildman–Crippen LogP) is 1.09. The van der Waals surface area contributed by atoms with Crippen LogP contribution in [0.5, 0.6) is 0 Å². The van der Waals surface area contributed by atoms with Crippen molar-refractivity contribution in [2.45, 2.75) is 57.7 Å². The van der Waals surface area contributed by atoms with E-state index in [4.69, 9.17) is 0 Å². The molecule has 2 fully saturated rings. The minimum atomic E-state index is -3.35. The molecule has 2 amide bonds. The van der Waals surface area contributed by atoms with Crippen LogP contribution in [-0.4, -0.2) is 71.7 Å². The van der Waals surface area contributed by atoms with Gasteiger partial charge in [0.2, 0.25) is 10.0 Å². The lowest BCUT2D eigenvalue weighted by Gasteiger charge is -2.36. The molecule has 9 heteroatoms. The largest absolute Gasteiger partial charge is 0.481 e. The van der Waals surface area contributed by atoms with Crippen molar-refractivity contribution >= 4 is 22.0 Å². The highest BCUT2D eigenvalue weighted by molar-refractivity contribution is 7.90. The normalized spacial score (nSPS) is 26.6. The van der Waals surface area contributed by atoms with Crippen molar-refractivity contribution in [1.82, 2.24) is 14.5 Å². The number of sulfonamides is 1. The fourth-order valence-electron chi connectivity index (χ4n) is 3.20. The molecule has 25 heavy (non-hydrogen) atoms. The van der Waals surface area contributed by atoms with Gasteiger partial charge in [-0.2, -0.15) is 0 Å². The van der Waals surface area contributed by atoms with Crippen molar-refractivity contribution < 1.29 is 23.1 Å². The van der Waals surface area contributed by atoms with E-state index in [1.54, 1.807) is 27.7 Å². The van der Waals surface area contributed by atoms with E-state index in [1.807, 2.05) is 0 Å². The topological polar surface area (TPSA) is 107 Å². The average Bonchev–Trinajstić information content (AvgIpc) is 2.91. The Kier molecular flexibility index (Phi) is 5.39. The number of carboxylic acids is 1. The molecule has 0 aromatic heterocycles. The molecule has 8 nitrogen and oxygen atoms in total. The van der Waals surface area contributed by atoms with Gasteiger partial charge in [-0.05, 0) is 47.0 Å². The van der Waals surface area contributed by atoms with Crippen LogP contribution in [0.2, 0.25) is 0 Å². The van der Waals surface area contributed by atoms with Crippen molar-refractivity contribution in [2.75, 3.05) is 26.2 Å². The fourth-order valence-corrected chi connectivity index (χ4v) is 4.67. The van der Waals surface area contributed by atoms with Crippen LogP contribution in [0.25, 0.3) is 0 Å². The van der Waals surface area contributed by atoms with E-state index in [9.17, 15) is 23.1 Å². The summed E-state index contributed by atoms with van der Waals surface area (Å²) in [5.74, 6) is -0.886. The third-order valence-corrected chi connectivity index (χ3v) is 7.76. The Morgan fingerprint density at radius 3 is 2.16 bits per heavy atom. The second-order valence-corrected chi connectivity index (χ2v) is 11.0. The molecule has 0 bridgehead atoms. The van der Waals surface area contributed by atoms with Gasteiger partial charge in [-0.1, -0.05) is 0 Å². The maximum atomic E-state index is 12.5. The highest BCUT2D eigenvalue weighted by atomic mass is 32.2. The Bertz CT molecular complexity index is 635. The van der Waals surface area contributed by atoms with Crippen molar-refractivity contribution in [3.63, 3.8) is 0 Å². The summed E-state index contributed by atoms with van der Waals surface area (Å²) in [6, 6.07) is -0.349.